The van der Waals surface area contributed by atoms with Crippen LogP contribution >= 0.6 is 22.6 Å². The van der Waals surface area contributed by atoms with Crippen LogP contribution in [0.5, 0.6) is 0 Å². The van der Waals surface area contributed by atoms with Crippen molar-refractivity contribution >= 4 is 34.5 Å². The smallest absolute Gasteiger partial charge is 0.326 e. The number of aryl methyl sites for hydroxylation is 1. The number of carboxylic acids is 1. The van der Waals surface area contributed by atoms with Gasteiger partial charge >= 0.3 is 5.97 Å². The largest absolute Gasteiger partial charge is 0.480 e. The standard InChI is InChI=1S/C14H18INO3/c1-8-6-5-7-9(10(8)15)12(17)16-11(13(18)19)14(2,3)4/h5-7,11H,1-4H3,(H,16,17)(H,18,19)/t11-/m1/s1. The normalized spacial score (nSPS) is 12.9. The van der Waals surface area contributed by atoms with E-state index in [-0.39, 0.29) is 5.91 Å². The van der Waals surface area contributed by atoms with Gasteiger partial charge in [-0.05, 0) is 46.6 Å². The maximum Gasteiger partial charge on any atom is 0.326 e. The van der Waals surface area contributed by atoms with Crippen molar-refractivity contribution in [2.75, 3.05) is 0 Å². The topological polar surface area (TPSA) is 66.4 Å². The highest BCUT2D eigenvalue weighted by Crippen LogP contribution is 2.21. The second kappa shape index (κ2) is 5.90. The van der Waals surface area contributed by atoms with E-state index in [0.29, 0.717) is 5.56 Å². The molecule has 2 N–H and O–H groups in total. The van der Waals surface area contributed by atoms with Crippen LogP contribution in [0.25, 0.3) is 0 Å². The van der Waals surface area contributed by atoms with Crippen molar-refractivity contribution in [2.24, 2.45) is 5.41 Å². The van der Waals surface area contributed by atoms with Gasteiger partial charge in [0.25, 0.3) is 5.91 Å². The van der Waals surface area contributed by atoms with Crippen molar-refractivity contribution in [3.63, 3.8) is 0 Å². The Balaban J connectivity index is 3.02. The molecule has 4 nitrogen and oxygen atoms in total. The first-order valence-corrected chi connectivity index (χ1v) is 7.01. The molecule has 0 saturated heterocycles. The molecule has 0 aliphatic rings. The molecular weight excluding hydrogens is 357 g/mol. The van der Waals surface area contributed by atoms with Gasteiger partial charge in [-0.25, -0.2) is 4.79 Å². The van der Waals surface area contributed by atoms with E-state index >= 15 is 0 Å². The molecule has 104 valence electrons. The van der Waals surface area contributed by atoms with Crippen LogP contribution in [-0.2, 0) is 4.79 Å². The van der Waals surface area contributed by atoms with Crippen LogP contribution in [0.1, 0.15) is 36.7 Å². The molecule has 0 spiro atoms. The van der Waals surface area contributed by atoms with Crippen molar-refractivity contribution in [3.05, 3.63) is 32.9 Å². The molecule has 0 bridgehead atoms. The van der Waals surface area contributed by atoms with Gasteiger partial charge < -0.3 is 10.4 Å². The number of carbonyl (C=O) groups is 2. The van der Waals surface area contributed by atoms with Gasteiger partial charge in [0.2, 0.25) is 0 Å². The summed E-state index contributed by atoms with van der Waals surface area (Å²) in [5.41, 5.74) is 0.962. The van der Waals surface area contributed by atoms with Crippen molar-refractivity contribution in [1.82, 2.24) is 5.32 Å². The zero-order valence-corrected chi connectivity index (χ0v) is 13.6. The fourth-order valence-corrected chi connectivity index (χ4v) is 2.28. The average Bonchev–Trinajstić information content (AvgIpc) is 2.27. The number of benzene rings is 1. The predicted octanol–water partition coefficient (Wildman–Crippen LogP) is 2.83. The monoisotopic (exact) mass is 375 g/mol. The molecule has 1 rings (SSSR count). The Morgan fingerprint density at radius 3 is 2.37 bits per heavy atom. The van der Waals surface area contributed by atoms with Gasteiger partial charge in [0.1, 0.15) is 6.04 Å². The first-order chi connectivity index (χ1) is 8.64. The number of hydrogen-bond donors (Lipinski definition) is 2. The summed E-state index contributed by atoms with van der Waals surface area (Å²) in [4.78, 5) is 23.4. The molecule has 1 aromatic rings. The van der Waals surface area contributed by atoms with E-state index < -0.39 is 17.4 Å². The molecule has 0 radical (unpaired) electrons. The first-order valence-electron chi connectivity index (χ1n) is 5.93. The van der Waals surface area contributed by atoms with Gasteiger partial charge in [-0.2, -0.15) is 0 Å². The highest BCUT2D eigenvalue weighted by molar-refractivity contribution is 14.1. The third-order valence-electron chi connectivity index (χ3n) is 2.82. The summed E-state index contributed by atoms with van der Waals surface area (Å²) in [5.74, 6) is -1.38. The Kier molecular flexibility index (Phi) is 4.95. The number of amides is 1. The van der Waals surface area contributed by atoms with Gasteiger partial charge in [-0.1, -0.05) is 32.9 Å². The summed E-state index contributed by atoms with van der Waals surface area (Å²) in [7, 11) is 0. The van der Waals surface area contributed by atoms with E-state index in [9.17, 15) is 14.7 Å². The summed E-state index contributed by atoms with van der Waals surface area (Å²) in [6.07, 6.45) is 0. The lowest BCUT2D eigenvalue weighted by Crippen LogP contribution is -2.49. The van der Waals surface area contributed by atoms with Crippen LogP contribution in [0, 0.1) is 15.9 Å². The zero-order chi connectivity index (χ0) is 14.8. The Labute approximate surface area is 126 Å². The van der Waals surface area contributed by atoms with Crippen molar-refractivity contribution < 1.29 is 14.7 Å². The summed E-state index contributed by atoms with van der Waals surface area (Å²) in [6.45, 7) is 7.27. The van der Waals surface area contributed by atoms with Crippen LogP contribution in [0.3, 0.4) is 0 Å². The van der Waals surface area contributed by atoms with Gasteiger partial charge in [0.15, 0.2) is 0 Å². The minimum absolute atomic E-state index is 0.351. The maximum absolute atomic E-state index is 12.2. The molecule has 19 heavy (non-hydrogen) atoms. The van der Waals surface area contributed by atoms with Crippen molar-refractivity contribution in [2.45, 2.75) is 33.7 Å². The number of aliphatic carboxylic acids is 1. The van der Waals surface area contributed by atoms with E-state index in [1.54, 1.807) is 32.9 Å². The van der Waals surface area contributed by atoms with E-state index in [4.69, 9.17) is 0 Å². The number of rotatable bonds is 3. The molecule has 1 aromatic carbocycles. The average molecular weight is 375 g/mol. The van der Waals surface area contributed by atoms with Crippen LogP contribution in [0.15, 0.2) is 18.2 Å². The van der Waals surface area contributed by atoms with E-state index in [1.807, 2.05) is 13.0 Å². The first kappa shape index (κ1) is 15.9. The number of hydrogen-bond acceptors (Lipinski definition) is 2. The third kappa shape index (κ3) is 3.92. The molecule has 0 heterocycles. The molecule has 5 heteroatoms. The highest BCUT2D eigenvalue weighted by atomic mass is 127. The summed E-state index contributed by atoms with van der Waals surface area (Å²) in [5, 5.41) is 11.8. The van der Waals surface area contributed by atoms with Crippen LogP contribution in [-0.4, -0.2) is 23.0 Å². The molecule has 0 fully saturated rings. The number of halogens is 1. The molecular formula is C14H18INO3. The molecule has 0 saturated carbocycles. The lowest BCUT2D eigenvalue weighted by atomic mass is 9.86. The van der Waals surface area contributed by atoms with Crippen molar-refractivity contribution in [1.29, 1.82) is 0 Å². The fourth-order valence-electron chi connectivity index (χ4n) is 1.68. The Morgan fingerprint density at radius 2 is 1.89 bits per heavy atom. The number of carboxylic acid groups (broad SMARTS) is 1. The van der Waals surface area contributed by atoms with Crippen LogP contribution < -0.4 is 5.32 Å². The van der Waals surface area contributed by atoms with E-state index in [0.717, 1.165) is 9.13 Å². The molecule has 1 atom stereocenters. The number of nitrogens with one attached hydrogen (secondary N) is 1. The molecule has 0 aromatic heterocycles. The van der Waals surface area contributed by atoms with Crippen LogP contribution in [0.2, 0.25) is 0 Å². The summed E-state index contributed by atoms with van der Waals surface area (Å²) < 4.78 is 0.843. The third-order valence-corrected chi connectivity index (χ3v) is 4.26. The second-order valence-corrected chi connectivity index (χ2v) is 6.63. The quantitative estimate of drug-likeness (QED) is 0.799. The predicted molar refractivity (Wildman–Crippen MR) is 82.2 cm³/mol. The van der Waals surface area contributed by atoms with E-state index in [1.165, 1.54) is 0 Å². The highest BCUT2D eigenvalue weighted by Gasteiger charge is 2.33. The minimum Gasteiger partial charge on any atom is -0.480 e. The maximum atomic E-state index is 12.2. The lowest BCUT2D eigenvalue weighted by Gasteiger charge is -2.28. The molecule has 0 aliphatic carbocycles. The van der Waals surface area contributed by atoms with Gasteiger partial charge in [0.05, 0.1) is 5.56 Å². The lowest BCUT2D eigenvalue weighted by molar-refractivity contribution is -0.142. The summed E-state index contributed by atoms with van der Waals surface area (Å²) >= 11 is 2.10. The molecule has 1 amide bonds. The Morgan fingerprint density at radius 1 is 1.32 bits per heavy atom. The Bertz CT molecular complexity index is 506. The second-order valence-electron chi connectivity index (χ2n) is 5.55. The molecule has 0 unspecified atom stereocenters. The van der Waals surface area contributed by atoms with Crippen molar-refractivity contribution in [3.8, 4) is 0 Å². The van der Waals surface area contributed by atoms with Crippen LogP contribution in [0.4, 0.5) is 0 Å². The van der Waals surface area contributed by atoms with Gasteiger partial charge in [-0.15, -0.1) is 0 Å². The fraction of sp³-hybridized carbons (Fsp3) is 0.429. The summed E-state index contributed by atoms with van der Waals surface area (Å²) in [6, 6.07) is 4.48. The SMILES string of the molecule is Cc1cccc(C(=O)N[C@H](C(=O)O)C(C)(C)C)c1I. The number of carbonyl (C=O) groups excluding carboxylic acids is 1. The molecule has 0 aliphatic heterocycles. The van der Waals surface area contributed by atoms with Gasteiger partial charge in [0, 0.05) is 3.57 Å². The van der Waals surface area contributed by atoms with E-state index in [2.05, 4.69) is 27.9 Å². The zero-order valence-electron chi connectivity index (χ0n) is 11.5. The van der Waals surface area contributed by atoms with Gasteiger partial charge in [-0.3, -0.25) is 4.79 Å². The minimum atomic E-state index is -1.02. The Hall–Kier alpha value is -1.11.